The first kappa shape index (κ1) is 24.4. The van der Waals surface area contributed by atoms with Gasteiger partial charge in [0.25, 0.3) is 0 Å². The van der Waals surface area contributed by atoms with E-state index in [4.69, 9.17) is 0 Å². The fourth-order valence-corrected chi connectivity index (χ4v) is 1.87. The minimum absolute atomic E-state index is 0. The molecule has 0 atom stereocenters. The molecule has 2 nitrogen and oxygen atoms in total. The molecule has 0 aliphatic rings. The molecule has 0 aromatic heterocycles. The van der Waals surface area contributed by atoms with Crippen LogP contribution in [0.3, 0.4) is 0 Å². The van der Waals surface area contributed by atoms with Crippen molar-refractivity contribution in [1.29, 1.82) is 0 Å². The number of hydrogen-bond acceptors (Lipinski definition) is 2. The quantitative estimate of drug-likeness (QED) is 0.342. The maximum absolute atomic E-state index is 12.2. The SMILES string of the molecule is [CH2-]N([CH2-])CCc1ccc(C(=O)c2ccccc2)cc1.[W].[W].[W]. The van der Waals surface area contributed by atoms with Crippen molar-refractivity contribution < 1.29 is 68.0 Å². The van der Waals surface area contributed by atoms with Gasteiger partial charge in [-0.15, -0.1) is 0 Å². The van der Waals surface area contributed by atoms with E-state index in [1.54, 1.807) is 4.90 Å². The smallest absolute Gasteiger partial charge is 0.193 e. The minimum Gasteiger partial charge on any atom is -0.610 e. The number of hydrogen-bond donors (Lipinski definition) is 0. The van der Waals surface area contributed by atoms with E-state index in [0.717, 1.165) is 24.1 Å². The van der Waals surface area contributed by atoms with Gasteiger partial charge in [0.1, 0.15) is 0 Å². The molecule has 0 N–H and O–H groups in total. The van der Waals surface area contributed by atoms with Gasteiger partial charge in [0.15, 0.2) is 5.78 Å². The van der Waals surface area contributed by atoms with Crippen LogP contribution in [0.5, 0.6) is 0 Å². The van der Waals surface area contributed by atoms with Crippen molar-refractivity contribution in [3.8, 4) is 0 Å². The van der Waals surface area contributed by atoms with Crippen LogP contribution in [0.1, 0.15) is 21.5 Å². The summed E-state index contributed by atoms with van der Waals surface area (Å²) in [6.45, 7) is 0.798. The van der Waals surface area contributed by atoms with Gasteiger partial charge in [-0.25, -0.2) is 0 Å². The van der Waals surface area contributed by atoms with Gasteiger partial charge in [0.05, 0.1) is 0 Å². The fourth-order valence-electron chi connectivity index (χ4n) is 1.87. The summed E-state index contributed by atoms with van der Waals surface area (Å²) in [5.74, 6) is 0.0584. The maximum atomic E-state index is 12.2. The van der Waals surface area contributed by atoms with Crippen LogP contribution in [-0.2, 0) is 69.6 Å². The van der Waals surface area contributed by atoms with Crippen LogP contribution >= 0.6 is 0 Å². The van der Waals surface area contributed by atoms with Crippen LogP contribution in [0.4, 0.5) is 0 Å². The van der Waals surface area contributed by atoms with Gasteiger partial charge in [0, 0.05) is 74.3 Å². The van der Waals surface area contributed by atoms with Gasteiger partial charge in [-0.05, 0) is 12.0 Å². The Bertz CT molecular complexity index is 542. The third-order valence-electron chi connectivity index (χ3n) is 2.97. The molecule has 0 unspecified atom stereocenters. The molecule has 22 heavy (non-hydrogen) atoms. The summed E-state index contributed by atoms with van der Waals surface area (Å²) in [4.78, 5) is 13.9. The number of nitrogens with zero attached hydrogens (tertiary/aromatic N) is 1. The number of carbonyl (C=O) groups is 1. The second kappa shape index (κ2) is 12.5. The van der Waals surface area contributed by atoms with Crippen molar-refractivity contribution in [2.75, 3.05) is 6.54 Å². The van der Waals surface area contributed by atoms with Gasteiger partial charge in [-0.1, -0.05) is 61.1 Å². The van der Waals surface area contributed by atoms with E-state index in [0.29, 0.717) is 0 Å². The van der Waals surface area contributed by atoms with E-state index >= 15 is 0 Å². The van der Waals surface area contributed by atoms with E-state index in [-0.39, 0.29) is 69.0 Å². The van der Waals surface area contributed by atoms with Crippen molar-refractivity contribution in [3.05, 3.63) is 85.4 Å². The van der Waals surface area contributed by atoms with Gasteiger partial charge in [-0.2, -0.15) is 0 Å². The number of ketones is 1. The summed E-state index contributed by atoms with van der Waals surface area (Å²) < 4.78 is 0. The first-order valence-corrected chi connectivity index (χ1v) is 6.24. The van der Waals surface area contributed by atoms with Gasteiger partial charge < -0.3 is 19.0 Å². The van der Waals surface area contributed by atoms with Crippen molar-refractivity contribution >= 4 is 5.78 Å². The molecule has 5 heteroatoms. The zero-order valence-electron chi connectivity index (χ0n) is 12.1. The number of benzene rings is 2. The molecular formula is C17H17NOW3-2. The molecule has 0 heterocycles. The predicted molar refractivity (Wildman–Crippen MR) is 77.4 cm³/mol. The molecule has 0 spiro atoms. The fraction of sp³-hybridized carbons (Fsp3) is 0.118. The number of carbonyl (C=O) groups excluding carboxylic acids is 1. The topological polar surface area (TPSA) is 20.3 Å². The minimum atomic E-state index is 0. The molecule has 0 saturated heterocycles. The second-order valence-corrected chi connectivity index (χ2v) is 4.54. The van der Waals surface area contributed by atoms with Gasteiger partial charge in [0.2, 0.25) is 0 Å². The Morgan fingerprint density at radius 2 is 1.32 bits per heavy atom. The van der Waals surface area contributed by atoms with Crippen molar-refractivity contribution in [1.82, 2.24) is 4.90 Å². The van der Waals surface area contributed by atoms with Crippen molar-refractivity contribution in [2.24, 2.45) is 0 Å². The summed E-state index contributed by atoms with van der Waals surface area (Å²) in [6, 6.07) is 17.0. The molecular weight excluding hydrogens is 786 g/mol. The zero-order chi connectivity index (χ0) is 13.7. The van der Waals surface area contributed by atoms with Crippen LogP contribution in [0.25, 0.3) is 0 Å². The normalized spacial score (nSPS) is 9.23. The van der Waals surface area contributed by atoms with Crippen LogP contribution in [-0.4, -0.2) is 17.2 Å². The summed E-state index contributed by atoms with van der Waals surface area (Å²) in [5.41, 5.74) is 2.62. The zero-order valence-corrected chi connectivity index (χ0v) is 20.9. The molecule has 2 aromatic rings. The Hall–Kier alpha value is 0.135. The van der Waals surface area contributed by atoms with E-state index < -0.39 is 0 Å². The Balaban J connectivity index is 0. The Labute approximate surface area is 175 Å². The summed E-state index contributed by atoms with van der Waals surface area (Å²) in [7, 11) is 7.41. The van der Waals surface area contributed by atoms with Crippen molar-refractivity contribution in [2.45, 2.75) is 6.42 Å². The molecule has 2 aromatic carbocycles. The molecule has 0 saturated carbocycles. The maximum Gasteiger partial charge on any atom is 0.193 e. The summed E-state index contributed by atoms with van der Waals surface area (Å²) >= 11 is 0. The molecule has 0 aliphatic carbocycles. The summed E-state index contributed by atoms with van der Waals surface area (Å²) in [5, 5.41) is 0. The monoisotopic (exact) mass is 803 g/mol. The standard InChI is InChI=1S/C17H17NO.3W/c1-18(2)13-12-14-8-10-16(11-9-14)17(19)15-6-4-3-5-7-15;;;/h3-11H,1-2,12-13H2;;;/q-2;;;. The molecule has 0 amide bonds. The van der Waals surface area contributed by atoms with E-state index in [1.165, 1.54) is 5.56 Å². The first-order chi connectivity index (χ1) is 9.16. The largest absolute Gasteiger partial charge is 0.610 e. The average Bonchev–Trinajstić information content (AvgIpc) is 2.46. The number of rotatable bonds is 5. The Morgan fingerprint density at radius 1 is 0.818 bits per heavy atom. The first-order valence-electron chi connectivity index (χ1n) is 6.24. The molecule has 116 valence electrons. The van der Waals surface area contributed by atoms with Crippen LogP contribution in [0, 0.1) is 14.1 Å². The molecule has 0 aliphatic heterocycles. The van der Waals surface area contributed by atoms with E-state index in [9.17, 15) is 4.79 Å². The average molecular weight is 803 g/mol. The van der Waals surface area contributed by atoms with Crippen LogP contribution in [0.2, 0.25) is 0 Å². The Kier molecular flexibility index (Phi) is 13.9. The third kappa shape index (κ3) is 7.61. The van der Waals surface area contributed by atoms with E-state index in [2.05, 4.69) is 14.1 Å². The van der Waals surface area contributed by atoms with Gasteiger partial charge >= 0.3 is 0 Å². The van der Waals surface area contributed by atoms with Gasteiger partial charge in [-0.3, -0.25) is 4.79 Å². The van der Waals surface area contributed by atoms with Crippen LogP contribution in [0.15, 0.2) is 54.6 Å². The predicted octanol–water partition coefficient (Wildman–Crippen LogP) is 3.34. The van der Waals surface area contributed by atoms with Crippen molar-refractivity contribution in [3.63, 3.8) is 0 Å². The molecule has 0 bridgehead atoms. The molecule has 0 radical (unpaired) electrons. The Morgan fingerprint density at radius 3 is 1.82 bits per heavy atom. The third-order valence-corrected chi connectivity index (χ3v) is 2.97. The molecule has 2 rings (SSSR count). The van der Waals surface area contributed by atoms with Crippen LogP contribution < -0.4 is 0 Å². The van der Waals surface area contributed by atoms with E-state index in [1.807, 2.05) is 54.6 Å². The molecule has 0 fully saturated rings. The summed E-state index contributed by atoms with van der Waals surface area (Å²) in [6.07, 6.45) is 0.882. The second-order valence-electron chi connectivity index (χ2n) is 4.54.